The lowest BCUT2D eigenvalue weighted by atomic mass is 9.86. The molecule has 0 fully saturated rings. The fraction of sp³-hybridized carbons (Fsp3) is 0.567. The molecular formula is C30H42F2N2O4. The highest BCUT2D eigenvalue weighted by molar-refractivity contribution is 5.77. The zero-order valence-electron chi connectivity index (χ0n) is 22.6. The number of nitrogens with one attached hydrogen (secondary N) is 2. The van der Waals surface area contributed by atoms with E-state index in [4.69, 9.17) is 9.47 Å². The van der Waals surface area contributed by atoms with Crippen molar-refractivity contribution >= 4 is 5.91 Å². The summed E-state index contributed by atoms with van der Waals surface area (Å²) in [5.74, 6) is -1.81. The summed E-state index contributed by atoms with van der Waals surface area (Å²) in [6, 6.07) is 9.16. The fourth-order valence-electron chi connectivity index (χ4n) is 4.83. The van der Waals surface area contributed by atoms with Gasteiger partial charge in [-0.05, 0) is 72.9 Å². The van der Waals surface area contributed by atoms with Crippen LogP contribution < -0.4 is 10.6 Å². The molecule has 0 aliphatic heterocycles. The smallest absolute Gasteiger partial charge is 0.246 e. The van der Waals surface area contributed by atoms with Crippen molar-refractivity contribution in [2.75, 3.05) is 33.0 Å². The Morgan fingerprint density at radius 2 is 1.82 bits per heavy atom. The number of fused-ring (bicyclic) bond motifs is 1. The number of hydrogen-bond donors (Lipinski definition) is 3. The van der Waals surface area contributed by atoms with E-state index in [1.807, 2.05) is 0 Å². The normalized spacial score (nSPS) is 16.6. The van der Waals surface area contributed by atoms with Crippen molar-refractivity contribution in [1.82, 2.24) is 10.6 Å². The van der Waals surface area contributed by atoms with Crippen LogP contribution in [0.2, 0.25) is 0 Å². The number of carbonyl (C=O) groups excluding carboxylic acids is 1. The number of hydrogen-bond acceptors (Lipinski definition) is 5. The minimum absolute atomic E-state index is 0.0740. The van der Waals surface area contributed by atoms with Gasteiger partial charge < -0.3 is 25.2 Å². The van der Waals surface area contributed by atoms with Gasteiger partial charge in [-0.25, -0.2) is 8.78 Å². The summed E-state index contributed by atoms with van der Waals surface area (Å²) in [7, 11) is 0. The Morgan fingerprint density at radius 3 is 2.55 bits per heavy atom. The zero-order chi connectivity index (χ0) is 27.3. The Morgan fingerprint density at radius 1 is 1.05 bits per heavy atom. The molecule has 0 heterocycles. The van der Waals surface area contributed by atoms with Crippen molar-refractivity contribution in [3.05, 3.63) is 70.3 Å². The molecule has 210 valence electrons. The van der Waals surface area contributed by atoms with Crippen LogP contribution in [-0.4, -0.2) is 56.1 Å². The minimum Gasteiger partial charge on any atom is -0.390 e. The van der Waals surface area contributed by atoms with Crippen LogP contribution in [0.3, 0.4) is 0 Å². The van der Waals surface area contributed by atoms with E-state index in [-0.39, 0.29) is 32.2 Å². The summed E-state index contributed by atoms with van der Waals surface area (Å²) in [4.78, 5) is 12.6. The van der Waals surface area contributed by atoms with E-state index in [1.165, 1.54) is 28.8 Å². The first-order valence-corrected chi connectivity index (χ1v) is 13.8. The number of amides is 1. The minimum atomic E-state index is -0.984. The Balaban J connectivity index is 1.60. The standard InChI is InChI=1S/C30H42F2N2O4/c1-3-5-11-37-12-13-38-20-30(36)34-28(17-22-14-24(31)18-25(32)15-22)29(35)19-33-27-8-6-7-23-10-9-21(4-2)16-26(23)27/h9-10,14-16,18,27-29,33,35H,3-8,11-13,17,19-20H2,1-2H3,(H,34,36)/t27?,28-,29+/m0/s1. The second-order valence-electron chi connectivity index (χ2n) is 9.98. The molecule has 1 aliphatic carbocycles. The molecule has 0 aromatic heterocycles. The Kier molecular flexibility index (Phi) is 12.6. The number of carbonyl (C=O) groups is 1. The van der Waals surface area contributed by atoms with E-state index in [1.54, 1.807) is 0 Å². The monoisotopic (exact) mass is 532 g/mol. The number of aryl methyl sites for hydroxylation is 2. The molecule has 38 heavy (non-hydrogen) atoms. The van der Waals surface area contributed by atoms with Gasteiger partial charge in [0.1, 0.15) is 18.2 Å². The molecule has 0 saturated heterocycles. The van der Waals surface area contributed by atoms with Crippen molar-refractivity contribution in [3.8, 4) is 0 Å². The third-order valence-electron chi connectivity index (χ3n) is 6.94. The van der Waals surface area contributed by atoms with Gasteiger partial charge in [0.05, 0.1) is 25.4 Å². The summed E-state index contributed by atoms with van der Waals surface area (Å²) >= 11 is 0. The molecule has 8 heteroatoms. The van der Waals surface area contributed by atoms with Crippen LogP contribution in [-0.2, 0) is 33.5 Å². The molecule has 1 amide bonds. The maximum Gasteiger partial charge on any atom is 0.246 e. The maximum atomic E-state index is 13.8. The van der Waals surface area contributed by atoms with Gasteiger partial charge in [0, 0.05) is 25.3 Å². The van der Waals surface area contributed by atoms with Gasteiger partial charge in [-0.2, -0.15) is 0 Å². The Labute approximate surface area is 225 Å². The van der Waals surface area contributed by atoms with E-state index in [2.05, 4.69) is 42.7 Å². The number of halogens is 2. The van der Waals surface area contributed by atoms with Gasteiger partial charge in [0.2, 0.25) is 5.91 Å². The number of aliphatic hydroxyl groups is 1. The number of aliphatic hydroxyl groups excluding tert-OH is 1. The van der Waals surface area contributed by atoms with Gasteiger partial charge in [-0.15, -0.1) is 0 Å². The van der Waals surface area contributed by atoms with Gasteiger partial charge >= 0.3 is 0 Å². The van der Waals surface area contributed by atoms with Gasteiger partial charge in [0.25, 0.3) is 0 Å². The molecule has 1 unspecified atom stereocenters. The van der Waals surface area contributed by atoms with Crippen molar-refractivity contribution in [3.63, 3.8) is 0 Å². The van der Waals surface area contributed by atoms with Gasteiger partial charge in [-0.1, -0.05) is 38.5 Å². The van der Waals surface area contributed by atoms with Crippen molar-refractivity contribution in [1.29, 1.82) is 0 Å². The van der Waals surface area contributed by atoms with Crippen molar-refractivity contribution < 1.29 is 28.2 Å². The Hall–Kier alpha value is -2.39. The molecule has 0 bridgehead atoms. The van der Waals surface area contributed by atoms with E-state index < -0.39 is 29.7 Å². The number of ether oxygens (including phenoxy) is 2. The van der Waals surface area contributed by atoms with Crippen LogP contribution in [0, 0.1) is 11.6 Å². The fourth-order valence-corrected chi connectivity index (χ4v) is 4.83. The predicted molar refractivity (Wildman–Crippen MR) is 144 cm³/mol. The van der Waals surface area contributed by atoms with Crippen LogP contribution in [0.4, 0.5) is 8.78 Å². The van der Waals surface area contributed by atoms with Crippen LogP contribution >= 0.6 is 0 Å². The molecule has 3 N–H and O–H groups in total. The predicted octanol–water partition coefficient (Wildman–Crippen LogP) is 4.42. The number of unbranched alkanes of at least 4 members (excludes halogenated alkanes) is 1. The van der Waals surface area contributed by atoms with E-state index in [9.17, 15) is 18.7 Å². The second-order valence-corrected chi connectivity index (χ2v) is 9.98. The van der Waals surface area contributed by atoms with Crippen molar-refractivity contribution in [2.45, 2.75) is 77.0 Å². The highest BCUT2D eigenvalue weighted by Gasteiger charge is 2.26. The molecule has 0 radical (unpaired) electrons. The first-order chi connectivity index (χ1) is 18.4. The zero-order valence-corrected chi connectivity index (χ0v) is 22.6. The second kappa shape index (κ2) is 15.9. The summed E-state index contributed by atoms with van der Waals surface area (Å²) in [5.41, 5.74) is 4.20. The molecule has 2 aromatic carbocycles. The summed E-state index contributed by atoms with van der Waals surface area (Å²) in [6.07, 6.45) is 5.10. The maximum absolute atomic E-state index is 13.8. The first kappa shape index (κ1) is 30.2. The highest BCUT2D eigenvalue weighted by Crippen LogP contribution is 2.30. The lowest BCUT2D eigenvalue weighted by Crippen LogP contribution is -2.50. The number of benzene rings is 2. The van der Waals surface area contributed by atoms with Crippen LogP contribution in [0.1, 0.15) is 67.8 Å². The average molecular weight is 533 g/mol. The van der Waals surface area contributed by atoms with Crippen LogP contribution in [0.15, 0.2) is 36.4 Å². The van der Waals surface area contributed by atoms with E-state index >= 15 is 0 Å². The highest BCUT2D eigenvalue weighted by atomic mass is 19.1. The molecule has 3 atom stereocenters. The average Bonchev–Trinajstić information content (AvgIpc) is 2.90. The number of rotatable bonds is 16. The van der Waals surface area contributed by atoms with E-state index in [0.29, 0.717) is 18.8 Å². The lowest BCUT2D eigenvalue weighted by molar-refractivity contribution is -0.127. The lowest BCUT2D eigenvalue weighted by Gasteiger charge is -2.30. The van der Waals surface area contributed by atoms with Crippen LogP contribution in [0.25, 0.3) is 0 Å². The van der Waals surface area contributed by atoms with Crippen LogP contribution in [0.5, 0.6) is 0 Å². The molecular weight excluding hydrogens is 490 g/mol. The molecule has 3 rings (SSSR count). The van der Waals surface area contributed by atoms with Gasteiger partial charge in [-0.3, -0.25) is 4.79 Å². The molecule has 0 spiro atoms. The van der Waals surface area contributed by atoms with Crippen molar-refractivity contribution in [2.24, 2.45) is 0 Å². The Bertz CT molecular complexity index is 999. The topological polar surface area (TPSA) is 79.8 Å². The first-order valence-electron chi connectivity index (χ1n) is 13.8. The molecule has 1 aliphatic rings. The SMILES string of the molecule is CCCCOCCOCC(=O)N[C@@H](Cc1cc(F)cc(F)c1)[C@H](O)CNC1CCCc2ccc(CC)cc21. The third-order valence-corrected chi connectivity index (χ3v) is 6.94. The third kappa shape index (κ3) is 9.73. The largest absolute Gasteiger partial charge is 0.390 e. The molecule has 6 nitrogen and oxygen atoms in total. The quantitative estimate of drug-likeness (QED) is 0.279. The summed E-state index contributed by atoms with van der Waals surface area (Å²) in [5, 5.41) is 17.4. The van der Waals surface area contributed by atoms with E-state index in [0.717, 1.165) is 44.6 Å². The molecule has 0 saturated carbocycles. The van der Waals surface area contributed by atoms with Gasteiger partial charge in [0.15, 0.2) is 0 Å². The summed E-state index contributed by atoms with van der Waals surface area (Å²) in [6.45, 7) is 5.57. The molecule has 2 aromatic rings. The summed E-state index contributed by atoms with van der Waals surface area (Å²) < 4.78 is 38.5.